The number of nitrogens with one attached hydrogen (secondary N) is 1. The molecule has 2 fully saturated rings. The highest BCUT2D eigenvalue weighted by Gasteiger charge is 2.26. The standard InChI is InChI=1S/C22H25N5O3/c28-13-15-5-6-27(12-15)21-20-19(23-14-24-22(20)29)11-18(25-21)16-1-3-17(4-2-16)26-7-9-30-10-8-26/h1-4,11,14-15,28H,5-10,12-13H2,(H,23,24,29). The maximum Gasteiger partial charge on any atom is 0.262 e. The predicted octanol–water partition coefficient (Wildman–Crippen LogP) is 1.64. The molecule has 0 aliphatic carbocycles. The average molecular weight is 407 g/mol. The van der Waals surface area contributed by atoms with Crippen molar-refractivity contribution in [1.82, 2.24) is 15.0 Å². The van der Waals surface area contributed by atoms with Crippen molar-refractivity contribution in [3.8, 4) is 11.3 Å². The first-order chi connectivity index (χ1) is 14.7. The summed E-state index contributed by atoms with van der Waals surface area (Å²) in [5, 5.41) is 10.0. The number of morpholine rings is 1. The fourth-order valence-corrected chi connectivity index (χ4v) is 4.29. The van der Waals surface area contributed by atoms with Gasteiger partial charge in [0.2, 0.25) is 0 Å². The average Bonchev–Trinajstić information content (AvgIpc) is 3.28. The van der Waals surface area contributed by atoms with Gasteiger partial charge in [-0.05, 0) is 24.6 Å². The summed E-state index contributed by atoms with van der Waals surface area (Å²) in [4.78, 5) is 28.9. The maximum absolute atomic E-state index is 12.5. The first-order valence-electron chi connectivity index (χ1n) is 10.4. The van der Waals surface area contributed by atoms with E-state index < -0.39 is 0 Å². The van der Waals surface area contributed by atoms with Gasteiger partial charge in [0.25, 0.3) is 5.56 Å². The molecule has 1 unspecified atom stereocenters. The number of aliphatic hydroxyl groups is 1. The number of aliphatic hydroxyl groups excluding tert-OH is 1. The van der Waals surface area contributed by atoms with Crippen LogP contribution in [0.3, 0.4) is 0 Å². The van der Waals surface area contributed by atoms with Crippen LogP contribution in [0.5, 0.6) is 0 Å². The Morgan fingerprint density at radius 3 is 2.67 bits per heavy atom. The molecule has 4 heterocycles. The smallest absolute Gasteiger partial charge is 0.262 e. The molecular weight excluding hydrogens is 382 g/mol. The van der Waals surface area contributed by atoms with Crippen molar-refractivity contribution in [2.45, 2.75) is 6.42 Å². The van der Waals surface area contributed by atoms with Crippen molar-refractivity contribution < 1.29 is 9.84 Å². The Morgan fingerprint density at radius 1 is 1.13 bits per heavy atom. The molecule has 2 aliphatic heterocycles. The van der Waals surface area contributed by atoms with Crippen LogP contribution in [-0.4, -0.2) is 66.1 Å². The highest BCUT2D eigenvalue weighted by molar-refractivity contribution is 5.91. The summed E-state index contributed by atoms with van der Waals surface area (Å²) < 4.78 is 5.44. The molecular formula is C22H25N5O3. The third-order valence-corrected chi connectivity index (χ3v) is 5.99. The number of rotatable bonds is 4. The van der Waals surface area contributed by atoms with Crippen LogP contribution < -0.4 is 15.4 Å². The fraction of sp³-hybridized carbons (Fsp3) is 0.409. The molecule has 0 spiro atoms. The topological polar surface area (TPSA) is 94.6 Å². The Kier molecular flexibility index (Phi) is 5.10. The van der Waals surface area contributed by atoms with E-state index in [-0.39, 0.29) is 18.1 Å². The molecule has 5 rings (SSSR count). The third kappa shape index (κ3) is 3.53. The van der Waals surface area contributed by atoms with E-state index in [1.165, 1.54) is 12.0 Å². The number of aromatic nitrogens is 3. The van der Waals surface area contributed by atoms with Gasteiger partial charge in [0.1, 0.15) is 11.2 Å². The number of hydrogen-bond acceptors (Lipinski definition) is 7. The molecule has 2 aliphatic rings. The number of nitrogens with zero attached hydrogens (tertiary/aromatic N) is 4. The summed E-state index contributed by atoms with van der Waals surface area (Å²) >= 11 is 0. The van der Waals surface area contributed by atoms with Crippen LogP contribution in [0.25, 0.3) is 22.2 Å². The zero-order valence-electron chi connectivity index (χ0n) is 16.8. The Labute approximate surface area is 174 Å². The fourth-order valence-electron chi connectivity index (χ4n) is 4.29. The van der Waals surface area contributed by atoms with Gasteiger partial charge in [0, 0.05) is 50.0 Å². The lowest BCUT2D eigenvalue weighted by atomic mass is 10.1. The molecule has 0 radical (unpaired) electrons. The minimum absolute atomic E-state index is 0.145. The van der Waals surface area contributed by atoms with E-state index in [9.17, 15) is 9.90 Å². The van der Waals surface area contributed by atoms with Crippen molar-refractivity contribution in [2.75, 3.05) is 55.8 Å². The second kappa shape index (κ2) is 8.04. The summed E-state index contributed by atoms with van der Waals surface area (Å²) in [5.74, 6) is 0.846. The molecule has 3 aromatic rings. The van der Waals surface area contributed by atoms with Crippen molar-refractivity contribution >= 4 is 22.4 Å². The van der Waals surface area contributed by atoms with Crippen molar-refractivity contribution in [3.05, 3.63) is 47.0 Å². The number of aromatic amines is 1. The van der Waals surface area contributed by atoms with E-state index in [0.717, 1.165) is 50.5 Å². The van der Waals surface area contributed by atoms with E-state index in [4.69, 9.17) is 9.72 Å². The number of hydrogen-bond donors (Lipinski definition) is 2. The monoisotopic (exact) mass is 407 g/mol. The maximum atomic E-state index is 12.5. The van der Waals surface area contributed by atoms with Gasteiger partial charge in [0.05, 0.1) is 30.8 Å². The van der Waals surface area contributed by atoms with Gasteiger partial charge >= 0.3 is 0 Å². The molecule has 8 heteroatoms. The summed E-state index contributed by atoms with van der Waals surface area (Å²) in [6, 6.07) is 10.2. The van der Waals surface area contributed by atoms with Gasteiger partial charge in [-0.3, -0.25) is 4.79 Å². The second-order valence-electron chi connectivity index (χ2n) is 7.89. The van der Waals surface area contributed by atoms with Gasteiger partial charge in [-0.1, -0.05) is 12.1 Å². The Morgan fingerprint density at radius 2 is 1.93 bits per heavy atom. The summed E-state index contributed by atoms with van der Waals surface area (Å²) in [6.45, 7) is 4.89. The van der Waals surface area contributed by atoms with Crippen LogP contribution in [0.15, 0.2) is 41.5 Å². The van der Waals surface area contributed by atoms with E-state index in [0.29, 0.717) is 23.3 Å². The summed E-state index contributed by atoms with van der Waals surface area (Å²) in [5.41, 5.74) is 3.38. The molecule has 8 nitrogen and oxygen atoms in total. The molecule has 2 aromatic heterocycles. The highest BCUT2D eigenvalue weighted by Crippen LogP contribution is 2.31. The normalized spacial score (nSPS) is 19.6. The van der Waals surface area contributed by atoms with E-state index in [2.05, 4.69) is 44.0 Å². The number of anilines is 2. The van der Waals surface area contributed by atoms with Gasteiger partial charge in [0.15, 0.2) is 0 Å². The first-order valence-corrected chi connectivity index (χ1v) is 10.4. The number of ether oxygens (including phenoxy) is 1. The van der Waals surface area contributed by atoms with Crippen LogP contribution in [-0.2, 0) is 4.74 Å². The van der Waals surface area contributed by atoms with E-state index in [1.54, 1.807) is 0 Å². The SMILES string of the molecule is O=c1[nH]cnc2cc(-c3ccc(N4CCOCC4)cc3)nc(N3CCC(CO)C3)c12. The number of fused-ring (bicyclic) bond motifs is 1. The molecule has 0 amide bonds. The number of H-pyrrole nitrogens is 1. The molecule has 30 heavy (non-hydrogen) atoms. The highest BCUT2D eigenvalue weighted by atomic mass is 16.5. The molecule has 0 bridgehead atoms. The quantitative estimate of drug-likeness (QED) is 0.679. The number of pyridine rings is 1. The van der Waals surface area contributed by atoms with Crippen LogP contribution in [0.1, 0.15) is 6.42 Å². The number of benzene rings is 1. The summed E-state index contributed by atoms with van der Waals surface area (Å²) in [7, 11) is 0. The predicted molar refractivity (Wildman–Crippen MR) is 116 cm³/mol. The zero-order chi connectivity index (χ0) is 20.5. The van der Waals surface area contributed by atoms with Crippen molar-refractivity contribution in [3.63, 3.8) is 0 Å². The Hall–Kier alpha value is -2.97. The Bertz CT molecular complexity index is 1090. The van der Waals surface area contributed by atoms with Gasteiger partial charge in [-0.2, -0.15) is 0 Å². The lowest BCUT2D eigenvalue weighted by Crippen LogP contribution is -2.36. The van der Waals surface area contributed by atoms with Gasteiger partial charge in [-0.25, -0.2) is 9.97 Å². The van der Waals surface area contributed by atoms with Crippen LogP contribution in [0, 0.1) is 5.92 Å². The third-order valence-electron chi connectivity index (χ3n) is 5.99. The minimum Gasteiger partial charge on any atom is -0.396 e. The summed E-state index contributed by atoms with van der Waals surface area (Å²) in [6.07, 6.45) is 2.32. The van der Waals surface area contributed by atoms with Gasteiger partial charge in [-0.15, -0.1) is 0 Å². The second-order valence-corrected chi connectivity index (χ2v) is 7.89. The van der Waals surface area contributed by atoms with Crippen molar-refractivity contribution in [2.24, 2.45) is 5.92 Å². The molecule has 1 aromatic carbocycles. The van der Waals surface area contributed by atoms with Crippen LogP contribution in [0.2, 0.25) is 0 Å². The molecule has 1 atom stereocenters. The van der Waals surface area contributed by atoms with Crippen molar-refractivity contribution in [1.29, 1.82) is 0 Å². The van der Waals surface area contributed by atoms with Crippen LogP contribution >= 0.6 is 0 Å². The van der Waals surface area contributed by atoms with E-state index in [1.807, 2.05) is 6.07 Å². The molecule has 2 saturated heterocycles. The molecule has 2 N–H and O–H groups in total. The van der Waals surface area contributed by atoms with Gasteiger partial charge < -0.3 is 24.6 Å². The lowest BCUT2D eigenvalue weighted by molar-refractivity contribution is 0.122. The first kappa shape index (κ1) is 19.0. The van der Waals surface area contributed by atoms with E-state index >= 15 is 0 Å². The molecule has 0 saturated carbocycles. The minimum atomic E-state index is -0.191. The Balaban J connectivity index is 1.54. The molecule has 156 valence electrons. The van der Waals surface area contributed by atoms with Crippen LogP contribution in [0.4, 0.5) is 11.5 Å². The lowest BCUT2D eigenvalue weighted by Gasteiger charge is -2.29. The largest absolute Gasteiger partial charge is 0.396 e. The zero-order valence-corrected chi connectivity index (χ0v) is 16.8.